The number of hydrogen-bond acceptors (Lipinski definition) is 8. The highest BCUT2D eigenvalue weighted by Gasteiger charge is 2.24. The van der Waals surface area contributed by atoms with Gasteiger partial charge in [-0.3, -0.25) is 4.79 Å². The number of rotatable bonds is 9. The van der Waals surface area contributed by atoms with Crippen molar-refractivity contribution in [2.45, 2.75) is 23.8 Å². The Morgan fingerprint density at radius 1 is 1.00 bits per heavy atom. The van der Waals surface area contributed by atoms with Crippen LogP contribution >= 0.6 is 11.8 Å². The Balaban J connectivity index is 1.46. The Hall–Kier alpha value is -4.24. The number of piperidine rings is 1. The number of carbonyl (C=O) groups is 1. The van der Waals surface area contributed by atoms with Crippen molar-refractivity contribution in [2.24, 2.45) is 0 Å². The molecule has 9 heteroatoms. The Morgan fingerprint density at radius 3 is 2.50 bits per heavy atom. The zero-order chi connectivity index (χ0) is 28.1. The van der Waals surface area contributed by atoms with E-state index in [1.54, 1.807) is 30.9 Å². The summed E-state index contributed by atoms with van der Waals surface area (Å²) in [7, 11) is 3.26. The molecular formula is C31H32N4O4S. The Bertz CT molecular complexity index is 1540. The number of amides is 1. The molecule has 5 rings (SSSR count). The molecule has 0 unspecified atom stereocenters. The van der Waals surface area contributed by atoms with Crippen LogP contribution in [0.5, 0.6) is 17.2 Å². The van der Waals surface area contributed by atoms with E-state index in [1.807, 2.05) is 24.3 Å². The van der Waals surface area contributed by atoms with Gasteiger partial charge >= 0.3 is 0 Å². The van der Waals surface area contributed by atoms with Gasteiger partial charge < -0.3 is 24.4 Å². The van der Waals surface area contributed by atoms with E-state index >= 15 is 0 Å². The van der Waals surface area contributed by atoms with Crippen molar-refractivity contribution < 1.29 is 19.0 Å². The van der Waals surface area contributed by atoms with Crippen molar-refractivity contribution >= 4 is 40.1 Å². The first kappa shape index (κ1) is 27.3. The molecule has 0 saturated carbocycles. The van der Waals surface area contributed by atoms with Gasteiger partial charge in [-0.25, -0.2) is 9.97 Å². The summed E-state index contributed by atoms with van der Waals surface area (Å²) in [6.45, 7) is 4.83. The van der Waals surface area contributed by atoms with E-state index < -0.39 is 0 Å². The van der Waals surface area contributed by atoms with Crippen molar-refractivity contribution in [3.63, 3.8) is 0 Å². The fourth-order valence-electron chi connectivity index (χ4n) is 4.83. The topological polar surface area (TPSA) is 85.8 Å². The van der Waals surface area contributed by atoms with Crippen LogP contribution in [0.1, 0.15) is 12.8 Å². The molecule has 0 radical (unpaired) electrons. The van der Waals surface area contributed by atoms with Crippen molar-refractivity contribution in [3.8, 4) is 28.4 Å². The molecule has 8 nitrogen and oxygen atoms in total. The molecule has 206 valence electrons. The lowest BCUT2D eigenvalue weighted by Gasteiger charge is -2.31. The molecule has 1 amide bonds. The summed E-state index contributed by atoms with van der Waals surface area (Å²) in [5.41, 5.74) is 3.68. The Labute approximate surface area is 238 Å². The number of thioether (sulfide) groups is 1. The highest BCUT2D eigenvalue weighted by atomic mass is 32.2. The van der Waals surface area contributed by atoms with Crippen molar-refractivity contribution in [2.75, 3.05) is 38.9 Å². The lowest BCUT2D eigenvalue weighted by molar-refractivity contribution is -0.127. The van der Waals surface area contributed by atoms with Crippen LogP contribution in [-0.2, 0) is 4.79 Å². The van der Waals surface area contributed by atoms with E-state index in [4.69, 9.17) is 14.2 Å². The summed E-state index contributed by atoms with van der Waals surface area (Å²) in [5, 5.41) is 4.25. The number of anilines is 2. The molecule has 0 bridgehead atoms. The van der Waals surface area contributed by atoms with Gasteiger partial charge in [0.25, 0.3) is 0 Å². The summed E-state index contributed by atoms with van der Waals surface area (Å²) in [6.07, 6.45) is 6.34. The first-order valence-corrected chi connectivity index (χ1v) is 14.3. The smallest absolute Gasteiger partial charge is 0.245 e. The monoisotopic (exact) mass is 556 g/mol. The van der Waals surface area contributed by atoms with Gasteiger partial charge in [0, 0.05) is 42.3 Å². The maximum Gasteiger partial charge on any atom is 0.245 e. The first-order chi connectivity index (χ1) is 19.5. The minimum atomic E-state index is -0.0499. The second-order valence-corrected chi connectivity index (χ2v) is 10.2. The first-order valence-electron chi connectivity index (χ1n) is 13.0. The largest absolute Gasteiger partial charge is 0.495 e. The summed E-state index contributed by atoms with van der Waals surface area (Å²) in [6, 6.07) is 18.3. The Morgan fingerprint density at radius 2 is 1.77 bits per heavy atom. The lowest BCUT2D eigenvalue weighted by Crippen LogP contribution is -2.41. The maximum atomic E-state index is 12.0. The molecule has 4 aromatic rings. The highest BCUT2D eigenvalue weighted by Crippen LogP contribution is 2.38. The molecule has 0 atom stereocenters. The number of aromatic nitrogens is 2. The van der Waals surface area contributed by atoms with E-state index in [1.165, 1.54) is 17.3 Å². The molecule has 1 aliphatic rings. The molecule has 1 aromatic heterocycles. The van der Waals surface area contributed by atoms with Gasteiger partial charge in [0.1, 0.15) is 24.0 Å². The van der Waals surface area contributed by atoms with E-state index in [9.17, 15) is 4.79 Å². The molecule has 0 aliphatic carbocycles. The third kappa shape index (κ3) is 5.84. The van der Waals surface area contributed by atoms with E-state index in [0.717, 1.165) is 40.6 Å². The third-order valence-electron chi connectivity index (χ3n) is 7.00. The van der Waals surface area contributed by atoms with Crippen LogP contribution in [0.2, 0.25) is 0 Å². The van der Waals surface area contributed by atoms with Crippen LogP contribution in [0, 0.1) is 0 Å². The number of benzene rings is 3. The minimum absolute atomic E-state index is 0.0462. The molecule has 1 N–H and O–H groups in total. The zero-order valence-corrected chi connectivity index (χ0v) is 23.7. The fourth-order valence-corrected chi connectivity index (χ4v) is 5.29. The molecule has 1 saturated heterocycles. The van der Waals surface area contributed by atoms with E-state index in [2.05, 4.69) is 58.5 Å². The fraction of sp³-hybridized carbons (Fsp3) is 0.258. The molecule has 1 fully saturated rings. The van der Waals surface area contributed by atoms with Gasteiger partial charge in [0.15, 0.2) is 11.5 Å². The number of carbonyl (C=O) groups excluding carboxylic acids is 1. The van der Waals surface area contributed by atoms with Crippen molar-refractivity contribution in [1.82, 2.24) is 14.9 Å². The predicted molar refractivity (Wildman–Crippen MR) is 160 cm³/mol. The van der Waals surface area contributed by atoms with Crippen LogP contribution in [0.25, 0.3) is 22.0 Å². The van der Waals surface area contributed by atoms with E-state index in [-0.39, 0.29) is 12.0 Å². The predicted octanol–water partition coefficient (Wildman–Crippen LogP) is 6.34. The SMILES string of the molecule is C=CC(=O)N1CCC(Oc2cc3c(Nc4cc(-c5cccc(SC)c5)ccc4OC)ncnc3cc2OC)CC1. The average Bonchev–Trinajstić information content (AvgIpc) is 3.01. The summed E-state index contributed by atoms with van der Waals surface area (Å²) in [5.74, 6) is 2.47. The highest BCUT2D eigenvalue weighted by molar-refractivity contribution is 7.98. The molecule has 3 aromatic carbocycles. The van der Waals surface area contributed by atoms with Gasteiger partial charge in [-0.05, 0) is 53.8 Å². The molecule has 40 heavy (non-hydrogen) atoms. The molecular weight excluding hydrogens is 524 g/mol. The van der Waals surface area contributed by atoms with E-state index in [0.29, 0.717) is 36.2 Å². The number of fused-ring (bicyclic) bond motifs is 1. The van der Waals surface area contributed by atoms with Crippen LogP contribution in [-0.4, -0.2) is 60.4 Å². The van der Waals surface area contributed by atoms with Gasteiger partial charge in [0.2, 0.25) is 5.91 Å². The number of methoxy groups -OCH3 is 2. The number of ether oxygens (including phenoxy) is 3. The van der Waals surface area contributed by atoms with Gasteiger partial charge in [0.05, 0.1) is 25.4 Å². The molecule has 0 spiro atoms. The minimum Gasteiger partial charge on any atom is -0.495 e. The second kappa shape index (κ2) is 12.3. The van der Waals surface area contributed by atoms with Crippen LogP contribution in [0.4, 0.5) is 11.5 Å². The Kier molecular flexibility index (Phi) is 8.40. The molecule has 2 heterocycles. The van der Waals surface area contributed by atoms with Crippen LogP contribution in [0.3, 0.4) is 0 Å². The average molecular weight is 557 g/mol. The quantitative estimate of drug-likeness (QED) is 0.189. The van der Waals surface area contributed by atoms with Gasteiger partial charge in [-0.1, -0.05) is 24.8 Å². The summed E-state index contributed by atoms with van der Waals surface area (Å²) >= 11 is 1.71. The van der Waals surface area contributed by atoms with Crippen molar-refractivity contribution in [3.05, 3.63) is 73.6 Å². The lowest BCUT2D eigenvalue weighted by atomic mass is 10.0. The summed E-state index contributed by atoms with van der Waals surface area (Å²) < 4.78 is 17.7. The summed E-state index contributed by atoms with van der Waals surface area (Å²) in [4.78, 5) is 24.0. The number of nitrogens with one attached hydrogen (secondary N) is 1. The van der Waals surface area contributed by atoms with Crippen LogP contribution in [0.15, 0.2) is 78.5 Å². The number of hydrogen-bond donors (Lipinski definition) is 1. The number of likely N-dealkylation sites (tertiary alicyclic amines) is 1. The standard InChI is InChI=1S/C31H32N4O4S/c1-5-30(36)35-13-11-22(12-14-35)39-29-17-24-25(18-28(29)38-3)32-19-33-31(24)34-26-16-21(9-10-27(26)37-2)20-7-6-8-23(15-20)40-4/h5-10,15-19,22H,1,11-14H2,2-4H3,(H,32,33,34). The van der Waals surface area contributed by atoms with Gasteiger partial charge in [-0.15, -0.1) is 11.8 Å². The van der Waals surface area contributed by atoms with Crippen molar-refractivity contribution in [1.29, 1.82) is 0 Å². The number of nitrogens with zero attached hydrogens (tertiary/aromatic N) is 3. The second-order valence-electron chi connectivity index (χ2n) is 9.36. The zero-order valence-electron chi connectivity index (χ0n) is 22.8. The van der Waals surface area contributed by atoms with Gasteiger partial charge in [-0.2, -0.15) is 0 Å². The normalized spacial score (nSPS) is 13.6. The maximum absolute atomic E-state index is 12.0. The third-order valence-corrected chi connectivity index (χ3v) is 7.72. The van der Waals surface area contributed by atoms with Crippen LogP contribution < -0.4 is 19.5 Å². The molecule has 1 aliphatic heterocycles.